The minimum Gasteiger partial charge on any atom is -0.298 e. The lowest BCUT2D eigenvalue weighted by Crippen LogP contribution is -2.14. The molecule has 1 aromatic rings. The van der Waals surface area contributed by atoms with Gasteiger partial charge in [0.25, 0.3) is 0 Å². The highest BCUT2D eigenvalue weighted by atomic mass is 35.5. The molecule has 1 aliphatic carbocycles. The van der Waals surface area contributed by atoms with Crippen molar-refractivity contribution in [1.82, 2.24) is 9.78 Å². The molecular formula is C14H21ClN2O. The molecule has 0 atom stereocenters. The Morgan fingerprint density at radius 1 is 1.39 bits per heavy atom. The molecule has 100 valence electrons. The average Bonchev–Trinajstić information content (AvgIpc) is 2.66. The molecule has 0 saturated heterocycles. The Hall–Kier alpha value is -0.830. The van der Waals surface area contributed by atoms with Gasteiger partial charge in [-0.25, -0.2) is 4.68 Å². The molecule has 2 rings (SSSR count). The van der Waals surface area contributed by atoms with Crippen LogP contribution in [0.15, 0.2) is 0 Å². The lowest BCUT2D eigenvalue weighted by molar-refractivity contribution is 0.112. The van der Waals surface area contributed by atoms with Crippen LogP contribution in [0.25, 0.3) is 0 Å². The first-order chi connectivity index (χ1) is 8.63. The Kier molecular flexibility index (Phi) is 4.44. The van der Waals surface area contributed by atoms with Crippen LogP contribution in [0, 0.1) is 5.92 Å². The third kappa shape index (κ3) is 2.77. The number of hydrogen-bond acceptors (Lipinski definition) is 2. The van der Waals surface area contributed by atoms with Crippen molar-refractivity contribution in [2.24, 2.45) is 5.92 Å². The highest BCUT2D eigenvalue weighted by Crippen LogP contribution is 2.32. The van der Waals surface area contributed by atoms with E-state index in [0.717, 1.165) is 31.2 Å². The Morgan fingerprint density at radius 3 is 2.61 bits per heavy atom. The summed E-state index contributed by atoms with van der Waals surface area (Å²) in [6.07, 6.45) is 7.68. The second-order valence-corrected chi connectivity index (χ2v) is 5.96. The van der Waals surface area contributed by atoms with E-state index in [2.05, 4.69) is 18.9 Å². The Balaban J connectivity index is 2.29. The average molecular weight is 269 g/mol. The summed E-state index contributed by atoms with van der Waals surface area (Å²) in [5.41, 5.74) is 1.45. The highest BCUT2D eigenvalue weighted by molar-refractivity contribution is 6.32. The molecule has 0 radical (unpaired) electrons. The first-order valence-corrected chi connectivity index (χ1v) is 7.23. The van der Waals surface area contributed by atoms with Crippen LogP contribution in [0.1, 0.15) is 68.0 Å². The van der Waals surface area contributed by atoms with Crippen molar-refractivity contribution in [2.45, 2.75) is 58.4 Å². The zero-order valence-corrected chi connectivity index (χ0v) is 11.9. The van der Waals surface area contributed by atoms with Crippen molar-refractivity contribution in [3.8, 4) is 0 Å². The molecule has 1 fully saturated rings. The summed E-state index contributed by atoms with van der Waals surface area (Å²) < 4.78 is 1.89. The molecule has 18 heavy (non-hydrogen) atoms. The molecule has 0 N–H and O–H groups in total. The molecular weight excluding hydrogens is 248 g/mol. The number of carbonyl (C=O) groups excluding carboxylic acids is 1. The fourth-order valence-electron chi connectivity index (χ4n) is 2.69. The highest BCUT2D eigenvalue weighted by Gasteiger charge is 2.23. The summed E-state index contributed by atoms with van der Waals surface area (Å²) in [5, 5.41) is 5.13. The minimum absolute atomic E-state index is 0.380. The maximum atomic E-state index is 11.2. The molecule has 0 spiro atoms. The minimum atomic E-state index is 0.380. The molecule has 0 bridgehead atoms. The zero-order valence-electron chi connectivity index (χ0n) is 11.2. The van der Waals surface area contributed by atoms with Crippen molar-refractivity contribution >= 4 is 17.9 Å². The van der Waals surface area contributed by atoms with Gasteiger partial charge in [0.2, 0.25) is 0 Å². The molecule has 1 saturated carbocycles. The van der Waals surface area contributed by atoms with Crippen LogP contribution in [0.2, 0.25) is 5.15 Å². The third-order valence-electron chi connectivity index (χ3n) is 3.60. The van der Waals surface area contributed by atoms with E-state index in [9.17, 15) is 4.79 Å². The third-order valence-corrected chi connectivity index (χ3v) is 3.98. The monoisotopic (exact) mass is 268 g/mol. The Bertz CT molecular complexity index is 420. The first-order valence-electron chi connectivity index (χ1n) is 6.85. The maximum absolute atomic E-state index is 11.2. The van der Waals surface area contributed by atoms with E-state index in [1.807, 2.05) is 4.68 Å². The van der Waals surface area contributed by atoms with Crippen LogP contribution in [0.5, 0.6) is 0 Å². The van der Waals surface area contributed by atoms with Crippen LogP contribution in [-0.4, -0.2) is 16.1 Å². The lowest BCUT2D eigenvalue weighted by Gasteiger charge is -2.22. The van der Waals surface area contributed by atoms with Gasteiger partial charge in [-0.2, -0.15) is 5.10 Å². The van der Waals surface area contributed by atoms with E-state index in [-0.39, 0.29) is 0 Å². The van der Waals surface area contributed by atoms with Gasteiger partial charge < -0.3 is 0 Å². The van der Waals surface area contributed by atoms with Gasteiger partial charge >= 0.3 is 0 Å². The number of halogens is 1. The van der Waals surface area contributed by atoms with Gasteiger partial charge in [-0.1, -0.05) is 44.7 Å². The number of carbonyl (C=O) groups is 1. The molecule has 0 unspecified atom stereocenters. The molecule has 1 aliphatic rings. The van der Waals surface area contributed by atoms with Crippen LogP contribution in [0.4, 0.5) is 0 Å². The van der Waals surface area contributed by atoms with Crippen LogP contribution >= 0.6 is 11.6 Å². The molecule has 0 amide bonds. The van der Waals surface area contributed by atoms with Gasteiger partial charge in [0.15, 0.2) is 6.29 Å². The summed E-state index contributed by atoms with van der Waals surface area (Å²) >= 11 is 6.32. The second-order valence-electron chi connectivity index (χ2n) is 5.60. The van der Waals surface area contributed by atoms with Crippen molar-refractivity contribution in [3.05, 3.63) is 16.4 Å². The fourth-order valence-corrected chi connectivity index (χ4v) is 3.02. The van der Waals surface area contributed by atoms with Crippen LogP contribution in [0.3, 0.4) is 0 Å². The molecule has 0 aromatic carbocycles. The van der Waals surface area contributed by atoms with Crippen molar-refractivity contribution < 1.29 is 4.79 Å². The smallest absolute Gasteiger partial charge is 0.155 e. The standard InChI is InChI=1S/C14H21ClN2O/c1-10(2)8-13-12(9-18)14(15)17(16-13)11-6-4-3-5-7-11/h9-11H,3-8H2,1-2H3. The summed E-state index contributed by atoms with van der Waals surface area (Å²) in [6, 6.07) is 0.380. The van der Waals surface area contributed by atoms with Crippen LogP contribution < -0.4 is 0 Å². The largest absolute Gasteiger partial charge is 0.298 e. The number of nitrogens with zero attached hydrogens (tertiary/aromatic N) is 2. The van der Waals surface area contributed by atoms with Gasteiger partial charge in [0, 0.05) is 0 Å². The normalized spacial score (nSPS) is 17.3. The van der Waals surface area contributed by atoms with Gasteiger partial charge in [0.05, 0.1) is 17.3 Å². The topological polar surface area (TPSA) is 34.9 Å². The second kappa shape index (κ2) is 5.87. The SMILES string of the molecule is CC(C)Cc1nn(C2CCCCC2)c(Cl)c1C=O. The Labute approximate surface area is 114 Å². The number of hydrogen-bond donors (Lipinski definition) is 0. The predicted octanol–water partition coefficient (Wildman–Crippen LogP) is 4.05. The van der Waals surface area contributed by atoms with Crippen molar-refractivity contribution in [3.63, 3.8) is 0 Å². The number of aldehydes is 1. The van der Waals surface area contributed by atoms with Crippen LogP contribution in [-0.2, 0) is 6.42 Å². The summed E-state index contributed by atoms with van der Waals surface area (Å²) in [4.78, 5) is 11.2. The van der Waals surface area contributed by atoms with Crippen molar-refractivity contribution in [2.75, 3.05) is 0 Å². The van der Waals surface area contributed by atoms with E-state index in [4.69, 9.17) is 11.6 Å². The van der Waals surface area contributed by atoms with E-state index in [1.54, 1.807) is 0 Å². The van der Waals surface area contributed by atoms with Gasteiger partial charge in [0.1, 0.15) is 5.15 Å². The number of rotatable bonds is 4. The van der Waals surface area contributed by atoms with Gasteiger partial charge in [-0.15, -0.1) is 0 Å². The lowest BCUT2D eigenvalue weighted by atomic mass is 9.96. The zero-order chi connectivity index (χ0) is 13.1. The summed E-state index contributed by atoms with van der Waals surface area (Å²) in [6.45, 7) is 4.25. The molecule has 3 nitrogen and oxygen atoms in total. The molecule has 1 aromatic heterocycles. The molecule has 0 aliphatic heterocycles. The van der Waals surface area contributed by atoms with E-state index in [1.165, 1.54) is 19.3 Å². The fraction of sp³-hybridized carbons (Fsp3) is 0.714. The Morgan fingerprint density at radius 2 is 2.06 bits per heavy atom. The summed E-state index contributed by atoms with van der Waals surface area (Å²) in [5.74, 6) is 0.481. The van der Waals surface area contributed by atoms with E-state index >= 15 is 0 Å². The molecule has 1 heterocycles. The molecule has 4 heteroatoms. The quantitative estimate of drug-likeness (QED) is 0.772. The van der Waals surface area contributed by atoms with Gasteiger partial charge in [-0.05, 0) is 25.2 Å². The maximum Gasteiger partial charge on any atom is 0.155 e. The number of aromatic nitrogens is 2. The van der Waals surface area contributed by atoms with E-state index < -0.39 is 0 Å². The first kappa shape index (κ1) is 13.6. The van der Waals surface area contributed by atoms with Gasteiger partial charge in [-0.3, -0.25) is 4.79 Å². The summed E-state index contributed by atoms with van der Waals surface area (Å²) in [7, 11) is 0. The van der Waals surface area contributed by atoms with Crippen molar-refractivity contribution in [1.29, 1.82) is 0 Å². The predicted molar refractivity (Wildman–Crippen MR) is 73.3 cm³/mol. The van der Waals surface area contributed by atoms with E-state index in [0.29, 0.717) is 22.7 Å².